The third-order valence-corrected chi connectivity index (χ3v) is 4.69. The highest BCUT2D eigenvalue weighted by Crippen LogP contribution is 2.50. The van der Waals surface area contributed by atoms with E-state index in [0.717, 1.165) is 0 Å². The van der Waals surface area contributed by atoms with Gasteiger partial charge in [-0.3, -0.25) is 4.90 Å². The predicted octanol–water partition coefficient (Wildman–Crippen LogP) is 3.95. The third-order valence-electron chi connectivity index (χ3n) is 3.11. The molecule has 0 radical (unpaired) electrons. The number of amides is 2. The topological polar surface area (TPSA) is 44.7 Å². The van der Waals surface area contributed by atoms with Crippen molar-refractivity contribution in [2.24, 2.45) is 4.99 Å². The van der Waals surface area contributed by atoms with Gasteiger partial charge in [0.25, 0.3) is 0 Å². The molecule has 4 nitrogen and oxygen atoms in total. The Hall–Kier alpha value is -0.950. The number of thioether (sulfide) groups is 1. The fourth-order valence-electron chi connectivity index (χ4n) is 2.21. The van der Waals surface area contributed by atoms with Crippen LogP contribution in [-0.4, -0.2) is 19.9 Å². The Morgan fingerprint density at radius 3 is 2.57 bits per heavy atom. The largest absolute Gasteiger partial charge is 0.345 e. The summed E-state index contributed by atoms with van der Waals surface area (Å²) in [5.41, 5.74) is -1.07. The van der Waals surface area contributed by atoms with Crippen molar-refractivity contribution in [2.45, 2.75) is 9.46 Å². The van der Waals surface area contributed by atoms with E-state index < -0.39 is 21.3 Å². The quantitative estimate of drug-likeness (QED) is 0.766. The maximum absolute atomic E-state index is 13.2. The predicted molar refractivity (Wildman–Crippen MR) is 82.9 cm³/mol. The second kappa shape index (κ2) is 5.05. The number of hydrogen-bond acceptors (Lipinski definition) is 3. The van der Waals surface area contributed by atoms with E-state index in [0.29, 0.717) is 10.7 Å². The summed E-state index contributed by atoms with van der Waals surface area (Å²) < 4.78 is 11.3. The molecule has 9 heteroatoms. The van der Waals surface area contributed by atoms with Crippen molar-refractivity contribution < 1.29 is 9.18 Å². The Balaban J connectivity index is 2.23. The number of amidine groups is 1. The number of nitrogens with one attached hydrogen (secondary N) is 1. The molecule has 1 unspecified atom stereocenters. The molecule has 3 rings (SSSR count). The van der Waals surface area contributed by atoms with Crippen LogP contribution in [0.3, 0.4) is 0 Å². The Bertz CT molecular complexity index is 659. The Labute approximate surface area is 138 Å². The lowest BCUT2D eigenvalue weighted by Crippen LogP contribution is -2.66. The van der Waals surface area contributed by atoms with Crippen molar-refractivity contribution in [3.05, 3.63) is 47.3 Å². The summed E-state index contributed by atoms with van der Waals surface area (Å²) in [6.45, 7) is 0. The van der Waals surface area contributed by atoms with Crippen molar-refractivity contribution in [1.29, 1.82) is 0 Å². The van der Waals surface area contributed by atoms with Gasteiger partial charge < -0.3 is 5.32 Å². The molecule has 0 saturated heterocycles. The minimum atomic E-state index is -1.92. The lowest BCUT2D eigenvalue weighted by molar-refractivity contribution is 0.169. The summed E-state index contributed by atoms with van der Waals surface area (Å²) in [6.07, 6.45) is 1.65. The van der Waals surface area contributed by atoms with E-state index in [1.54, 1.807) is 16.5 Å². The molecule has 1 atom stereocenters. The van der Waals surface area contributed by atoms with E-state index in [-0.39, 0.29) is 0 Å². The molecule has 110 valence electrons. The van der Waals surface area contributed by atoms with E-state index in [1.807, 2.05) is 0 Å². The summed E-state index contributed by atoms with van der Waals surface area (Å²) in [5.74, 6) is -0.430. The molecule has 0 bridgehead atoms. The molecule has 0 aromatic heterocycles. The van der Waals surface area contributed by atoms with Crippen LogP contribution >= 0.6 is 46.6 Å². The van der Waals surface area contributed by atoms with Gasteiger partial charge >= 0.3 is 6.03 Å². The normalized spacial score (nSPS) is 24.7. The molecule has 1 aromatic carbocycles. The smallest absolute Gasteiger partial charge is 0.305 e. The zero-order valence-electron chi connectivity index (χ0n) is 10.2. The fourth-order valence-corrected chi connectivity index (χ4v) is 3.70. The van der Waals surface area contributed by atoms with Crippen molar-refractivity contribution in [3.8, 4) is 0 Å². The van der Waals surface area contributed by atoms with Crippen LogP contribution in [0.2, 0.25) is 0 Å². The number of fused-ring (bicyclic) bond motifs is 1. The Morgan fingerprint density at radius 2 is 1.95 bits per heavy atom. The minimum absolute atomic E-state index is 0.384. The number of halogens is 4. The SMILES string of the molecule is O=C1N=C2SC=CN2C(c2ccc(F)cc2)(C(Cl)(Cl)Cl)N1. The first-order chi connectivity index (χ1) is 9.84. The van der Waals surface area contributed by atoms with Crippen LogP contribution in [0.4, 0.5) is 9.18 Å². The van der Waals surface area contributed by atoms with Gasteiger partial charge in [-0.25, -0.2) is 9.18 Å². The van der Waals surface area contributed by atoms with Crippen LogP contribution in [0, 0.1) is 5.82 Å². The van der Waals surface area contributed by atoms with E-state index in [2.05, 4.69) is 10.3 Å². The Kier molecular flexibility index (Phi) is 3.60. The van der Waals surface area contributed by atoms with Crippen LogP contribution in [0.1, 0.15) is 5.56 Å². The lowest BCUT2D eigenvalue weighted by atomic mass is 9.98. The van der Waals surface area contributed by atoms with Crippen LogP contribution in [-0.2, 0) is 5.66 Å². The standard InChI is InChI=1S/C12H7Cl3FN3OS/c13-12(14,15)11(7-1-3-8(16)4-2-7)18-9(20)17-10-19(11)5-6-21-10/h1-6H,(H,18,20). The average molecular weight is 367 g/mol. The molecule has 1 aromatic rings. The van der Waals surface area contributed by atoms with Gasteiger partial charge in [0.15, 0.2) is 10.8 Å². The highest BCUT2D eigenvalue weighted by molar-refractivity contribution is 8.16. The van der Waals surface area contributed by atoms with Gasteiger partial charge in [0, 0.05) is 11.8 Å². The number of aliphatic imine (C=N–C) groups is 1. The van der Waals surface area contributed by atoms with E-state index >= 15 is 0 Å². The van der Waals surface area contributed by atoms with Gasteiger partial charge in [0.2, 0.25) is 3.79 Å². The van der Waals surface area contributed by atoms with Crippen LogP contribution in [0.25, 0.3) is 0 Å². The number of carbonyl (C=O) groups is 1. The molecule has 0 spiro atoms. The Morgan fingerprint density at radius 1 is 1.29 bits per heavy atom. The summed E-state index contributed by atoms with van der Waals surface area (Å²) in [4.78, 5) is 17.3. The molecule has 21 heavy (non-hydrogen) atoms. The monoisotopic (exact) mass is 365 g/mol. The number of rotatable bonds is 1. The van der Waals surface area contributed by atoms with Gasteiger partial charge in [-0.2, -0.15) is 4.99 Å². The molecule has 2 aliphatic rings. The van der Waals surface area contributed by atoms with E-state index in [1.165, 1.54) is 36.0 Å². The van der Waals surface area contributed by atoms with Crippen molar-refractivity contribution >= 4 is 57.8 Å². The second-order valence-electron chi connectivity index (χ2n) is 4.31. The third kappa shape index (κ3) is 2.30. The van der Waals surface area contributed by atoms with E-state index in [4.69, 9.17) is 34.8 Å². The maximum Gasteiger partial charge on any atom is 0.345 e. The zero-order valence-corrected chi connectivity index (χ0v) is 13.3. The average Bonchev–Trinajstić information content (AvgIpc) is 2.85. The number of carbonyl (C=O) groups excluding carboxylic acids is 1. The number of benzene rings is 1. The maximum atomic E-state index is 13.2. The van der Waals surface area contributed by atoms with Crippen LogP contribution < -0.4 is 5.32 Å². The zero-order chi connectivity index (χ0) is 15.3. The number of alkyl halides is 3. The fraction of sp³-hybridized carbons (Fsp3) is 0.167. The van der Waals surface area contributed by atoms with Gasteiger partial charge in [-0.1, -0.05) is 58.7 Å². The van der Waals surface area contributed by atoms with Crippen LogP contribution in [0.15, 0.2) is 40.9 Å². The molecule has 0 saturated carbocycles. The van der Waals surface area contributed by atoms with Gasteiger partial charge in [0.05, 0.1) is 0 Å². The summed E-state index contributed by atoms with van der Waals surface area (Å²) >= 11 is 19.7. The van der Waals surface area contributed by atoms with Gasteiger partial charge in [-0.05, 0) is 17.5 Å². The van der Waals surface area contributed by atoms with Gasteiger partial charge in [0.1, 0.15) is 5.82 Å². The highest BCUT2D eigenvalue weighted by Gasteiger charge is 2.58. The highest BCUT2D eigenvalue weighted by atomic mass is 35.6. The van der Waals surface area contributed by atoms with Crippen molar-refractivity contribution in [2.75, 3.05) is 0 Å². The lowest BCUT2D eigenvalue weighted by Gasteiger charge is -2.48. The molecule has 2 amide bonds. The van der Waals surface area contributed by atoms with Crippen molar-refractivity contribution in [1.82, 2.24) is 10.2 Å². The molecular formula is C12H7Cl3FN3OS. The minimum Gasteiger partial charge on any atom is -0.305 e. The van der Waals surface area contributed by atoms with Gasteiger partial charge in [-0.15, -0.1) is 0 Å². The number of hydrogen-bond donors (Lipinski definition) is 1. The first-order valence-electron chi connectivity index (χ1n) is 5.71. The number of nitrogens with zero attached hydrogens (tertiary/aromatic N) is 2. The molecule has 1 N–H and O–H groups in total. The second-order valence-corrected chi connectivity index (χ2v) is 7.47. The summed E-state index contributed by atoms with van der Waals surface area (Å²) in [5, 5.41) is 4.69. The molecule has 2 heterocycles. The first-order valence-corrected chi connectivity index (χ1v) is 7.72. The van der Waals surface area contributed by atoms with Crippen molar-refractivity contribution in [3.63, 3.8) is 0 Å². The van der Waals surface area contributed by atoms with Crippen LogP contribution in [0.5, 0.6) is 0 Å². The summed E-state index contributed by atoms with van der Waals surface area (Å²) in [7, 11) is 0. The summed E-state index contributed by atoms with van der Waals surface area (Å²) in [6, 6.07) is 4.75. The first kappa shape index (κ1) is 15.0. The molecule has 0 fully saturated rings. The number of urea groups is 1. The molecular weight excluding hydrogens is 360 g/mol. The molecule has 0 aliphatic carbocycles. The molecule has 2 aliphatic heterocycles. The van der Waals surface area contributed by atoms with E-state index in [9.17, 15) is 9.18 Å².